The number of nitrogens with one attached hydrogen (secondary N) is 2. The van der Waals surface area contributed by atoms with Gasteiger partial charge in [-0.25, -0.2) is 4.79 Å². The van der Waals surface area contributed by atoms with Gasteiger partial charge in [-0.3, -0.25) is 9.59 Å². The van der Waals surface area contributed by atoms with Gasteiger partial charge >= 0.3 is 12.1 Å². The Morgan fingerprint density at radius 2 is 1.63 bits per heavy atom. The first-order valence-corrected chi connectivity index (χ1v) is 10.1. The van der Waals surface area contributed by atoms with Gasteiger partial charge < -0.3 is 20.5 Å². The number of benzene rings is 2. The Kier molecular flexibility index (Phi) is 7.06. The summed E-state index contributed by atoms with van der Waals surface area (Å²) in [5.74, 6) is -1.53. The van der Waals surface area contributed by atoms with Crippen LogP contribution >= 0.6 is 0 Å². The first-order chi connectivity index (χ1) is 14.5. The number of aliphatic carboxylic acids is 1. The summed E-state index contributed by atoms with van der Waals surface area (Å²) in [7, 11) is 0. The largest absolute Gasteiger partial charge is 0.481 e. The SMILES string of the molecule is CCCNC(=O)[C@H](CCC(=O)O)NC(=O)OCC1c2ccccc2-c2ccccc21. The Hall–Kier alpha value is -3.35. The molecular weight excluding hydrogens is 384 g/mol. The van der Waals surface area contributed by atoms with Crippen LogP contribution in [0.1, 0.15) is 43.2 Å². The summed E-state index contributed by atoms with van der Waals surface area (Å²) in [4.78, 5) is 35.5. The summed E-state index contributed by atoms with van der Waals surface area (Å²) >= 11 is 0. The van der Waals surface area contributed by atoms with Crippen molar-refractivity contribution in [2.75, 3.05) is 13.2 Å². The normalized spacial score (nSPS) is 13.1. The molecule has 7 nitrogen and oxygen atoms in total. The van der Waals surface area contributed by atoms with E-state index in [1.165, 1.54) is 0 Å². The molecular formula is C23H26N2O5. The van der Waals surface area contributed by atoms with Gasteiger partial charge in [0.15, 0.2) is 0 Å². The molecule has 0 saturated carbocycles. The van der Waals surface area contributed by atoms with Crippen molar-refractivity contribution in [3.8, 4) is 11.1 Å². The van der Waals surface area contributed by atoms with Crippen molar-refractivity contribution < 1.29 is 24.2 Å². The third-order valence-corrected chi connectivity index (χ3v) is 5.15. The van der Waals surface area contributed by atoms with Gasteiger partial charge in [0.05, 0.1) is 0 Å². The number of hydrogen-bond donors (Lipinski definition) is 3. The summed E-state index contributed by atoms with van der Waals surface area (Å²) in [6.07, 6.45) is -0.232. The molecule has 0 saturated heterocycles. The number of rotatable bonds is 9. The number of carbonyl (C=O) groups excluding carboxylic acids is 2. The van der Waals surface area contributed by atoms with Crippen molar-refractivity contribution >= 4 is 18.0 Å². The second kappa shape index (κ2) is 9.91. The average molecular weight is 410 g/mol. The minimum Gasteiger partial charge on any atom is -0.481 e. The maximum absolute atomic E-state index is 12.4. The van der Waals surface area contributed by atoms with Crippen LogP contribution in [-0.2, 0) is 14.3 Å². The molecule has 158 valence electrons. The zero-order chi connectivity index (χ0) is 21.5. The Morgan fingerprint density at radius 3 is 2.20 bits per heavy atom. The van der Waals surface area contributed by atoms with E-state index in [0.29, 0.717) is 6.54 Å². The molecule has 0 bridgehead atoms. The second-order valence-corrected chi connectivity index (χ2v) is 7.25. The maximum atomic E-state index is 12.4. The fourth-order valence-corrected chi connectivity index (χ4v) is 3.69. The number of amides is 2. The van der Waals surface area contributed by atoms with E-state index in [1.54, 1.807) is 0 Å². The molecule has 0 spiro atoms. The minimum atomic E-state index is -1.03. The molecule has 2 aromatic carbocycles. The summed E-state index contributed by atoms with van der Waals surface area (Å²) < 4.78 is 5.45. The Morgan fingerprint density at radius 1 is 1.03 bits per heavy atom. The van der Waals surface area contributed by atoms with Crippen LogP contribution in [0.4, 0.5) is 4.79 Å². The topological polar surface area (TPSA) is 105 Å². The van der Waals surface area contributed by atoms with Crippen molar-refractivity contribution in [1.82, 2.24) is 10.6 Å². The highest BCUT2D eigenvalue weighted by Crippen LogP contribution is 2.44. The van der Waals surface area contributed by atoms with Crippen molar-refractivity contribution in [2.45, 2.75) is 38.1 Å². The van der Waals surface area contributed by atoms with Crippen LogP contribution < -0.4 is 10.6 Å². The minimum absolute atomic E-state index is 0.00488. The summed E-state index contributed by atoms with van der Waals surface area (Å²) in [5, 5.41) is 14.1. The Balaban J connectivity index is 1.65. The molecule has 1 atom stereocenters. The smallest absolute Gasteiger partial charge is 0.407 e. The molecule has 0 fully saturated rings. The second-order valence-electron chi connectivity index (χ2n) is 7.25. The molecule has 2 amide bonds. The third-order valence-electron chi connectivity index (χ3n) is 5.15. The Labute approximate surface area is 175 Å². The number of hydrogen-bond acceptors (Lipinski definition) is 4. The van der Waals surface area contributed by atoms with Gasteiger partial charge in [0, 0.05) is 18.9 Å². The maximum Gasteiger partial charge on any atom is 0.407 e. The van der Waals surface area contributed by atoms with Gasteiger partial charge in [0.2, 0.25) is 5.91 Å². The van der Waals surface area contributed by atoms with E-state index in [9.17, 15) is 14.4 Å². The van der Waals surface area contributed by atoms with Crippen LogP contribution in [0, 0.1) is 0 Å². The van der Waals surface area contributed by atoms with E-state index in [2.05, 4.69) is 10.6 Å². The molecule has 0 radical (unpaired) electrons. The number of carbonyl (C=O) groups is 3. The van der Waals surface area contributed by atoms with Crippen LogP contribution in [-0.4, -0.2) is 42.3 Å². The number of carboxylic acid groups (broad SMARTS) is 1. The van der Waals surface area contributed by atoms with Gasteiger partial charge in [0.1, 0.15) is 12.6 Å². The van der Waals surface area contributed by atoms with Crippen LogP contribution in [0.15, 0.2) is 48.5 Å². The van der Waals surface area contributed by atoms with Gasteiger partial charge in [-0.1, -0.05) is 55.5 Å². The number of ether oxygens (including phenoxy) is 1. The van der Waals surface area contributed by atoms with Gasteiger partial charge in [-0.15, -0.1) is 0 Å². The molecule has 0 aliphatic heterocycles. The van der Waals surface area contributed by atoms with Gasteiger partial charge in [-0.2, -0.15) is 0 Å². The highest BCUT2D eigenvalue weighted by molar-refractivity contribution is 5.86. The highest BCUT2D eigenvalue weighted by Gasteiger charge is 2.29. The lowest BCUT2D eigenvalue weighted by molar-refractivity contribution is -0.137. The zero-order valence-corrected chi connectivity index (χ0v) is 16.9. The van der Waals surface area contributed by atoms with Crippen molar-refractivity contribution in [1.29, 1.82) is 0 Å². The van der Waals surface area contributed by atoms with Crippen LogP contribution in [0.25, 0.3) is 11.1 Å². The number of carboxylic acids is 1. The van der Waals surface area contributed by atoms with Gasteiger partial charge in [0.25, 0.3) is 0 Å². The lowest BCUT2D eigenvalue weighted by atomic mass is 9.98. The first-order valence-electron chi connectivity index (χ1n) is 10.1. The molecule has 0 unspecified atom stereocenters. The fraction of sp³-hybridized carbons (Fsp3) is 0.348. The van der Waals surface area contributed by atoms with Crippen LogP contribution in [0.3, 0.4) is 0 Å². The van der Waals surface area contributed by atoms with Crippen molar-refractivity contribution in [3.63, 3.8) is 0 Å². The van der Waals surface area contributed by atoms with E-state index < -0.39 is 24.0 Å². The third kappa shape index (κ3) is 4.97. The zero-order valence-electron chi connectivity index (χ0n) is 16.9. The lowest BCUT2D eigenvalue weighted by Crippen LogP contribution is -2.47. The molecule has 7 heteroatoms. The van der Waals surface area contributed by atoms with E-state index >= 15 is 0 Å². The molecule has 1 aliphatic rings. The van der Waals surface area contributed by atoms with E-state index in [4.69, 9.17) is 9.84 Å². The average Bonchev–Trinajstić information content (AvgIpc) is 3.07. The van der Waals surface area contributed by atoms with Crippen molar-refractivity contribution in [3.05, 3.63) is 59.7 Å². The number of fused-ring (bicyclic) bond motifs is 3. The first kappa shape index (κ1) is 21.4. The lowest BCUT2D eigenvalue weighted by Gasteiger charge is -2.19. The standard InChI is InChI=1S/C23H26N2O5/c1-2-13-24-22(28)20(11-12-21(26)27)25-23(29)30-14-19-17-9-5-3-7-15(17)16-8-4-6-10-18(16)19/h3-10,19-20H,2,11-14H2,1H3,(H,24,28)(H,25,29)(H,26,27)/t20-/m0/s1. The predicted octanol–water partition coefficient (Wildman–Crippen LogP) is 3.28. The molecule has 30 heavy (non-hydrogen) atoms. The molecule has 0 heterocycles. The van der Waals surface area contributed by atoms with Crippen LogP contribution in [0.2, 0.25) is 0 Å². The summed E-state index contributed by atoms with van der Waals surface area (Å²) in [6.45, 7) is 2.49. The summed E-state index contributed by atoms with van der Waals surface area (Å²) in [6, 6.07) is 15.1. The fourth-order valence-electron chi connectivity index (χ4n) is 3.69. The van der Waals surface area contributed by atoms with E-state index in [1.807, 2.05) is 55.5 Å². The van der Waals surface area contributed by atoms with Gasteiger partial charge in [-0.05, 0) is 35.1 Å². The van der Waals surface area contributed by atoms with Crippen molar-refractivity contribution in [2.24, 2.45) is 0 Å². The summed E-state index contributed by atoms with van der Waals surface area (Å²) in [5.41, 5.74) is 4.44. The highest BCUT2D eigenvalue weighted by atomic mass is 16.5. The number of alkyl carbamates (subject to hydrolysis) is 1. The van der Waals surface area contributed by atoms with E-state index in [0.717, 1.165) is 28.7 Å². The molecule has 3 rings (SSSR count). The predicted molar refractivity (Wildman–Crippen MR) is 112 cm³/mol. The molecule has 3 N–H and O–H groups in total. The quantitative estimate of drug-likeness (QED) is 0.588. The molecule has 1 aliphatic carbocycles. The monoisotopic (exact) mass is 410 g/mol. The molecule has 2 aromatic rings. The van der Waals surface area contributed by atoms with E-state index in [-0.39, 0.29) is 25.4 Å². The molecule has 0 aromatic heterocycles. The Bertz CT molecular complexity index is 882. The van der Waals surface area contributed by atoms with Crippen LogP contribution in [0.5, 0.6) is 0 Å².